The molecule has 0 saturated heterocycles. The van der Waals surface area contributed by atoms with Gasteiger partial charge >= 0.3 is 19.5 Å². The molecule has 0 unspecified atom stereocenters. The van der Waals surface area contributed by atoms with Gasteiger partial charge in [-0.25, -0.2) is 0 Å². The van der Waals surface area contributed by atoms with Gasteiger partial charge in [-0.2, -0.15) is 0 Å². The summed E-state index contributed by atoms with van der Waals surface area (Å²) >= 11 is 0. The van der Waals surface area contributed by atoms with Crippen LogP contribution < -0.4 is 0 Å². The van der Waals surface area contributed by atoms with E-state index in [1.807, 2.05) is 20.8 Å². The Bertz CT molecular complexity index is 85.5. The Hall–Kier alpha value is 0.0234. The van der Waals surface area contributed by atoms with Crippen LogP contribution in [0.1, 0.15) is 20.8 Å². The summed E-state index contributed by atoms with van der Waals surface area (Å²) in [4.78, 5) is 0. The average molecular weight is 231 g/mol. The molecule has 0 rings (SSSR count). The zero-order valence-electron chi connectivity index (χ0n) is 7.22. The summed E-state index contributed by atoms with van der Waals surface area (Å²) in [6, 6.07) is 0. The molecule has 3 nitrogen and oxygen atoms in total. The van der Waals surface area contributed by atoms with Crippen molar-refractivity contribution in [2.24, 2.45) is 10.3 Å². The summed E-state index contributed by atoms with van der Waals surface area (Å²) in [6.07, 6.45) is 0. The van der Waals surface area contributed by atoms with E-state index in [9.17, 15) is 0 Å². The van der Waals surface area contributed by atoms with E-state index >= 15 is 0 Å². The maximum atomic E-state index is 3.83. The topological polar surface area (TPSA) is 38.8 Å². The van der Waals surface area contributed by atoms with E-state index in [-0.39, 0.29) is 32.4 Å². The number of hydrogen-bond donors (Lipinski definition) is 0. The molecule has 0 aromatic carbocycles. The van der Waals surface area contributed by atoms with Gasteiger partial charge in [-0.05, 0) is 12.6 Å². The fourth-order valence-electron chi connectivity index (χ4n) is 0.179. The maximum absolute atomic E-state index is 3.83. The van der Waals surface area contributed by atoms with Crippen molar-refractivity contribution in [1.82, 2.24) is 0 Å². The fraction of sp³-hybridized carbons (Fsp3) is 0.833. The van der Waals surface area contributed by atoms with Gasteiger partial charge in [-0.3, -0.25) is 5.22 Å². The van der Waals surface area contributed by atoms with E-state index in [0.29, 0.717) is 0 Å². The van der Waals surface area contributed by atoms with Crippen LogP contribution in [0.25, 0.3) is 5.43 Å². The predicted octanol–water partition coefficient (Wildman–Crippen LogP) is 2.34. The van der Waals surface area contributed by atoms with E-state index in [2.05, 4.69) is 15.8 Å². The Morgan fingerprint density at radius 3 is 1.70 bits per heavy atom. The molecular weight excluding hydrogens is 215 g/mol. The second-order valence-electron chi connectivity index (χ2n) is 2.56. The predicted molar refractivity (Wildman–Crippen MR) is 41.7 cm³/mol. The Kier molecular flexibility index (Phi) is 11.8. The van der Waals surface area contributed by atoms with E-state index in [0.717, 1.165) is 0 Å². The molecule has 0 aliphatic rings. The zero-order chi connectivity index (χ0) is 6.62. The van der Waals surface area contributed by atoms with Crippen molar-refractivity contribution in [3.63, 3.8) is 0 Å². The van der Waals surface area contributed by atoms with Crippen LogP contribution >= 0.6 is 0 Å². The molecule has 0 radical (unpaired) electrons. The van der Waals surface area contributed by atoms with E-state index in [4.69, 9.17) is 0 Å². The standard InChI is InChI=1S/C5H12N3.CH3.Ru.H/c1-5(2,3)7-8-6-4;;;/h1-4H3;1H3;;/q2*-1;+2;. The third kappa shape index (κ3) is 15.7. The van der Waals surface area contributed by atoms with Gasteiger partial charge in [0, 0.05) is 0 Å². The summed E-state index contributed by atoms with van der Waals surface area (Å²) in [5, 5.41) is 7.33. The molecule has 0 aliphatic heterocycles. The Morgan fingerprint density at radius 2 is 1.60 bits per heavy atom. The van der Waals surface area contributed by atoms with Gasteiger partial charge in [0.25, 0.3) is 0 Å². The van der Waals surface area contributed by atoms with Gasteiger partial charge in [0.05, 0.1) is 0 Å². The molecule has 0 heterocycles. The van der Waals surface area contributed by atoms with Gasteiger partial charge in [-0.1, -0.05) is 20.8 Å². The van der Waals surface area contributed by atoms with Crippen LogP contribution in [0.5, 0.6) is 0 Å². The van der Waals surface area contributed by atoms with Crippen molar-refractivity contribution in [1.29, 1.82) is 0 Å². The van der Waals surface area contributed by atoms with Crippen molar-refractivity contribution in [2.45, 2.75) is 26.3 Å². The quantitative estimate of drug-likeness (QED) is 0.287. The first-order valence-electron chi connectivity index (χ1n) is 2.57. The van der Waals surface area contributed by atoms with Gasteiger partial charge in [0.15, 0.2) is 0 Å². The first-order valence-corrected chi connectivity index (χ1v) is 2.57. The molecule has 63 valence electrons. The number of hydrogen-bond acceptors (Lipinski definition) is 2. The minimum absolute atomic E-state index is 0. The van der Waals surface area contributed by atoms with Crippen LogP contribution in [0.2, 0.25) is 0 Å². The van der Waals surface area contributed by atoms with Crippen molar-refractivity contribution < 1.29 is 19.5 Å². The molecule has 0 aromatic heterocycles. The van der Waals surface area contributed by atoms with E-state index in [1.165, 1.54) is 0 Å². The molecule has 0 amide bonds. The zero-order valence-corrected chi connectivity index (χ0v) is 9.08. The van der Waals surface area contributed by atoms with Crippen LogP contribution in [0.4, 0.5) is 0 Å². The molecule has 0 spiro atoms. The van der Waals surface area contributed by atoms with Crippen molar-refractivity contribution in [2.75, 3.05) is 7.05 Å². The first kappa shape index (κ1) is 16.5. The van der Waals surface area contributed by atoms with E-state index in [1.54, 1.807) is 7.05 Å². The van der Waals surface area contributed by atoms with Crippen LogP contribution in [0, 0.1) is 7.43 Å². The van der Waals surface area contributed by atoms with Gasteiger partial charge < -0.3 is 18.0 Å². The Balaban J connectivity index is -0.000000245. The second-order valence-corrected chi connectivity index (χ2v) is 2.56. The molecular formula is C6H16N3Ru. The van der Waals surface area contributed by atoms with Crippen molar-refractivity contribution in [3.8, 4) is 0 Å². The fourth-order valence-corrected chi connectivity index (χ4v) is 0.179. The molecule has 0 aromatic rings. The summed E-state index contributed by atoms with van der Waals surface area (Å²) in [6.45, 7) is 5.92. The minimum atomic E-state index is -0.0838. The summed E-state index contributed by atoms with van der Waals surface area (Å²) in [7, 11) is 1.61. The first-order chi connectivity index (χ1) is 3.56. The molecule has 0 aliphatic carbocycles. The molecule has 10 heavy (non-hydrogen) atoms. The van der Waals surface area contributed by atoms with Gasteiger partial charge in [-0.15, -0.1) is 0 Å². The van der Waals surface area contributed by atoms with Crippen LogP contribution in [0.15, 0.2) is 10.3 Å². The Labute approximate surface area is 76.4 Å². The third-order valence-corrected chi connectivity index (χ3v) is 0.434. The summed E-state index contributed by atoms with van der Waals surface area (Å²) in [5.74, 6) is 0. The summed E-state index contributed by atoms with van der Waals surface area (Å²) < 4.78 is 0. The molecule has 0 bridgehead atoms. The molecule has 0 atom stereocenters. The third-order valence-electron chi connectivity index (χ3n) is 0.434. The number of rotatable bonds is 1. The molecule has 4 heteroatoms. The van der Waals surface area contributed by atoms with Crippen molar-refractivity contribution in [3.05, 3.63) is 12.9 Å². The van der Waals surface area contributed by atoms with Crippen molar-refractivity contribution >= 4 is 0 Å². The van der Waals surface area contributed by atoms with E-state index < -0.39 is 0 Å². The molecule has 0 N–H and O–H groups in total. The average Bonchev–Trinajstić information content (AvgIpc) is 1.59. The SMILES string of the molecule is C[N-]N=NC(C)(C)C.[CH3-].[RuH+2]. The number of nitrogens with zero attached hydrogens (tertiary/aromatic N) is 3. The van der Waals surface area contributed by atoms with Crippen LogP contribution in [0.3, 0.4) is 0 Å². The Morgan fingerprint density at radius 1 is 1.20 bits per heavy atom. The molecule has 0 saturated carbocycles. The van der Waals surface area contributed by atoms with Crippen LogP contribution in [-0.4, -0.2) is 12.6 Å². The summed E-state index contributed by atoms with van der Waals surface area (Å²) in [5.41, 5.74) is 3.40. The normalized spacial score (nSPS) is 10.0. The van der Waals surface area contributed by atoms with Crippen LogP contribution in [-0.2, 0) is 19.5 Å². The second kappa shape index (κ2) is 7.13. The van der Waals surface area contributed by atoms with Gasteiger partial charge in [0.1, 0.15) is 0 Å². The van der Waals surface area contributed by atoms with Gasteiger partial charge in [0.2, 0.25) is 0 Å². The molecule has 0 fully saturated rings. The monoisotopic (exact) mass is 232 g/mol.